The summed E-state index contributed by atoms with van der Waals surface area (Å²) in [6.45, 7) is 11.6. The highest BCUT2D eigenvalue weighted by Gasteiger charge is 2.00. The molecule has 0 atom stereocenters. The fourth-order valence-corrected chi connectivity index (χ4v) is 1.50. The molecule has 0 radical (unpaired) electrons. The van der Waals surface area contributed by atoms with E-state index in [1.54, 1.807) is 13.0 Å². The van der Waals surface area contributed by atoms with Crippen LogP contribution < -0.4 is 5.73 Å². The van der Waals surface area contributed by atoms with E-state index >= 15 is 0 Å². The minimum atomic E-state index is -0.563. The fraction of sp³-hybridized carbons (Fsp3) is 0.333. The Morgan fingerprint density at radius 3 is 2.50 bits per heavy atom. The Morgan fingerprint density at radius 2 is 2.05 bits per heavy atom. The van der Waals surface area contributed by atoms with Crippen LogP contribution in [0.5, 0.6) is 0 Å². The molecule has 0 fully saturated rings. The third-order valence-electron chi connectivity index (χ3n) is 2.57. The molecule has 0 aliphatic carbocycles. The number of carbonyl (C=O) groups excluding carboxylic acids is 1. The first-order chi connectivity index (χ1) is 10.3. The van der Waals surface area contributed by atoms with Gasteiger partial charge < -0.3 is 10.5 Å². The zero-order chi connectivity index (χ0) is 17.1. The third-order valence-corrected chi connectivity index (χ3v) is 2.57. The summed E-state index contributed by atoms with van der Waals surface area (Å²) in [6.07, 6.45) is 12.9. The number of allylic oxidation sites excluding steroid dienone is 4. The van der Waals surface area contributed by atoms with Crippen LogP contribution in [-0.2, 0) is 9.53 Å². The van der Waals surface area contributed by atoms with Crippen molar-refractivity contribution >= 4 is 11.8 Å². The Labute approximate surface area is 133 Å². The van der Waals surface area contributed by atoms with E-state index in [1.807, 2.05) is 13.0 Å². The molecule has 0 aromatic heterocycles. The lowest BCUT2D eigenvalue weighted by Crippen LogP contribution is -2.11. The van der Waals surface area contributed by atoms with Crippen molar-refractivity contribution in [2.45, 2.75) is 34.1 Å². The predicted molar refractivity (Wildman–Crippen MR) is 91.8 cm³/mol. The summed E-state index contributed by atoms with van der Waals surface area (Å²) in [5.74, 6) is 2.83. The number of nitrogens with zero attached hydrogens (tertiary/aromatic N) is 1. The van der Waals surface area contributed by atoms with Gasteiger partial charge in [0.25, 0.3) is 5.90 Å². The Morgan fingerprint density at radius 1 is 1.41 bits per heavy atom. The second-order valence-corrected chi connectivity index (χ2v) is 5.24. The number of rotatable bonds is 7. The highest BCUT2D eigenvalue weighted by Crippen LogP contribution is 2.11. The van der Waals surface area contributed by atoms with Crippen molar-refractivity contribution in [2.75, 3.05) is 0 Å². The maximum Gasteiger partial charge on any atom is 0.273 e. The lowest BCUT2D eigenvalue weighted by Gasteiger charge is -2.05. The van der Waals surface area contributed by atoms with Gasteiger partial charge in [-0.15, -0.1) is 6.42 Å². The first-order valence-corrected chi connectivity index (χ1v) is 6.98. The predicted octanol–water partition coefficient (Wildman–Crippen LogP) is 3.49. The Balaban J connectivity index is 5.09. The first kappa shape index (κ1) is 19.5. The highest BCUT2D eigenvalue weighted by atomic mass is 16.5. The fourth-order valence-electron chi connectivity index (χ4n) is 1.50. The maximum atomic E-state index is 10.9. The van der Waals surface area contributed by atoms with Gasteiger partial charge in [0, 0.05) is 11.8 Å². The Hall–Kier alpha value is -2.54. The van der Waals surface area contributed by atoms with Gasteiger partial charge in [0.15, 0.2) is 0 Å². The van der Waals surface area contributed by atoms with Crippen molar-refractivity contribution in [3.63, 3.8) is 0 Å². The smallest absolute Gasteiger partial charge is 0.273 e. The summed E-state index contributed by atoms with van der Waals surface area (Å²) >= 11 is 0. The standard InChI is InChI=1S/C18H24N2O2/c1-7-16(10-9-14(5)11-13(3)4)22-17(8-2)20-12-15(6)18(19)21/h2,7,9-10,12-13H,1,11H2,3-6H3,(H2,19,21)/b14-9+,15-12+,16-10+,20-17?. The molecule has 0 heterocycles. The largest absolute Gasteiger partial charge is 0.432 e. The molecular weight excluding hydrogens is 276 g/mol. The van der Waals surface area contributed by atoms with E-state index in [-0.39, 0.29) is 11.5 Å². The maximum absolute atomic E-state index is 10.9. The van der Waals surface area contributed by atoms with Crippen molar-refractivity contribution in [3.8, 4) is 12.3 Å². The molecule has 0 saturated heterocycles. The van der Waals surface area contributed by atoms with E-state index < -0.39 is 5.91 Å². The van der Waals surface area contributed by atoms with Crippen LogP contribution >= 0.6 is 0 Å². The number of amides is 1. The van der Waals surface area contributed by atoms with Crippen LogP contribution in [-0.4, -0.2) is 11.8 Å². The van der Waals surface area contributed by atoms with Gasteiger partial charge in [0.2, 0.25) is 5.91 Å². The van der Waals surface area contributed by atoms with Crippen LogP contribution in [0.3, 0.4) is 0 Å². The molecule has 1 amide bonds. The molecule has 0 aliphatic rings. The first-order valence-electron chi connectivity index (χ1n) is 6.98. The van der Waals surface area contributed by atoms with Crippen molar-refractivity contribution < 1.29 is 9.53 Å². The molecular formula is C18H24N2O2. The van der Waals surface area contributed by atoms with E-state index in [0.29, 0.717) is 11.7 Å². The SMILES string of the molecule is C#CC(=N/C=C(\C)C(N)=O)O/C(C=C)=C/C=C(\C)CC(C)C. The quantitative estimate of drug-likeness (QED) is 0.195. The van der Waals surface area contributed by atoms with Crippen LogP contribution in [0.15, 0.2) is 52.9 Å². The van der Waals surface area contributed by atoms with Gasteiger partial charge in [-0.2, -0.15) is 0 Å². The topological polar surface area (TPSA) is 64.7 Å². The summed E-state index contributed by atoms with van der Waals surface area (Å²) in [6, 6.07) is 0. The van der Waals surface area contributed by atoms with E-state index in [4.69, 9.17) is 16.9 Å². The van der Waals surface area contributed by atoms with Crippen molar-refractivity contribution in [2.24, 2.45) is 16.6 Å². The summed E-state index contributed by atoms with van der Waals surface area (Å²) in [5, 5.41) is 0. The Kier molecular flexibility index (Phi) is 9.04. The number of carbonyl (C=O) groups is 1. The molecule has 0 spiro atoms. The van der Waals surface area contributed by atoms with Crippen LogP contribution in [0.1, 0.15) is 34.1 Å². The normalized spacial score (nSPS) is 13.8. The van der Waals surface area contributed by atoms with Crippen LogP contribution in [0.4, 0.5) is 0 Å². The molecule has 0 aromatic rings. The van der Waals surface area contributed by atoms with Crippen LogP contribution in [0.2, 0.25) is 0 Å². The lowest BCUT2D eigenvalue weighted by molar-refractivity contribution is -0.114. The number of ether oxygens (including phenoxy) is 1. The van der Waals surface area contributed by atoms with Gasteiger partial charge in [-0.25, -0.2) is 4.99 Å². The van der Waals surface area contributed by atoms with Crippen LogP contribution in [0, 0.1) is 18.3 Å². The van der Waals surface area contributed by atoms with Crippen molar-refractivity contribution in [3.05, 3.63) is 47.9 Å². The van der Waals surface area contributed by atoms with E-state index in [0.717, 1.165) is 6.42 Å². The van der Waals surface area contributed by atoms with Gasteiger partial charge in [0.05, 0.1) is 0 Å². The summed E-state index contributed by atoms with van der Waals surface area (Å²) < 4.78 is 5.45. The average molecular weight is 300 g/mol. The molecule has 0 bridgehead atoms. The number of hydrogen-bond donors (Lipinski definition) is 1. The molecule has 0 aliphatic heterocycles. The lowest BCUT2D eigenvalue weighted by atomic mass is 10.0. The van der Waals surface area contributed by atoms with Gasteiger partial charge in [-0.05, 0) is 44.3 Å². The number of nitrogens with two attached hydrogens (primary N) is 1. The van der Waals surface area contributed by atoms with Crippen molar-refractivity contribution in [1.29, 1.82) is 0 Å². The molecule has 22 heavy (non-hydrogen) atoms. The molecule has 0 rings (SSSR count). The van der Waals surface area contributed by atoms with E-state index in [1.165, 1.54) is 17.8 Å². The molecule has 0 unspecified atom stereocenters. The van der Waals surface area contributed by atoms with Gasteiger partial charge in [0.1, 0.15) is 5.76 Å². The van der Waals surface area contributed by atoms with E-state index in [9.17, 15) is 4.79 Å². The van der Waals surface area contributed by atoms with E-state index in [2.05, 4.69) is 31.3 Å². The molecule has 4 heteroatoms. The Bertz CT molecular complexity index is 570. The number of terminal acetylenes is 1. The minimum absolute atomic E-state index is 0.0293. The number of hydrogen-bond acceptors (Lipinski definition) is 3. The molecule has 118 valence electrons. The zero-order valence-corrected chi connectivity index (χ0v) is 13.7. The monoisotopic (exact) mass is 300 g/mol. The third kappa shape index (κ3) is 8.60. The second-order valence-electron chi connectivity index (χ2n) is 5.24. The van der Waals surface area contributed by atoms with Gasteiger partial charge in [-0.3, -0.25) is 4.79 Å². The minimum Gasteiger partial charge on any atom is -0.432 e. The molecule has 0 saturated carbocycles. The summed E-state index contributed by atoms with van der Waals surface area (Å²) in [5.41, 5.74) is 6.62. The highest BCUT2D eigenvalue weighted by molar-refractivity contribution is 5.95. The molecule has 0 aromatic carbocycles. The summed E-state index contributed by atoms with van der Waals surface area (Å²) in [7, 11) is 0. The molecule has 4 nitrogen and oxygen atoms in total. The van der Waals surface area contributed by atoms with Crippen molar-refractivity contribution in [1.82, 2.24) is 0 Å². The zero-order valence-electron chi connectivity index (χ0n) is 13.7. The number of primary amides is 1. The second kappa shape index (κ2) is 10.2. The molecule has 2 N–H and O–H groups in total. The summed E-state index contributed by atoms with van der Waals surface area (Å²) in [4.78, 5) is 14.8. The van der Waals surface area contributed by atoms with Crippen LogP contribution in [0.25, 0.3) is 0 Å². The number of aliphatic imine (C=N–C) groups is 1. The van der Waals surface area contributed by atoms with Gasteiger partial charge >= 0.3 is 0 Å². The van der Waals surface area contributed by atoms with Gasteiger partial charge in [-0.1, -0.05) is 32.1 Å². The average Bonchev–Trinajstić information content (AvgIpc) is 2.45.